The first kappa shape index (κ1) is 76.9. The van der Waals surface area contributed by atoms with Gasteiger partial charge in [-0.25, -0.2) is 0 Å². The summed E-state index contributed by atoms with van der Waals surface area (Å²) in [4.78, 5) is 26.7. The first-order chi connectivity index (χ1) is 57.9. The normalized spacial score (nSPS) is 14.1. The smallest absolute Gasteiger partial charge is 0.514 e. The minimum Gasteiger partial charge on any atom is -0.514 e. The second-order valence-electron chi connectivity index (χ2n) is 30.2. The van der Waals surface area contributed by atoms with Crippen LogP contribution < -0.4 is 113 Å². The summed E-state index contributed by atoms with van der Waals surface area (Å²) >= 11 is 0. The summed E-state index contributed by atoms with van der Waals surface area (Å²) in [5.74, 6) is 12.7. The van der Waals surface area contributed by atoms with E-state index in [2.05, 4.69) is 78.7 Å². The van der Waals surface area contributed by atoms with Crippen molar-refractivity contribution in [3.8, 4) is 149 Å². The number of aromatic nitrogens is 12. The number of nitrogens with zero attached hydrogens (tertiary/aromatic N) is 16. The molecule has 0 spiro atoms. The van der Waals surface area contributed by atoms with Crippen molar-refractivity contribution in [1.29, 1.82) is 0 Å². The van der Waals surface area contributed by atoms with E-state index in [0.29, 0.717) is 92.0 Å². The number of benzene rings is 10. The Labute approximate surface area is 758 Å². The van der Waals surface area contributed by atoms with E-state index < -0.39 is 26.9 Å². The molecule has 10 aliphatic heterocycles. The van der Waals surface area contributed by atoms with Crippen molar-refractivity contribution < 1.29 is 122 Å². The van der Waals surface area contributed by atoms with Gasteiger partial charge in [0.25, 0.3) is 0 Å². The Hall–Kier alpha value is -12.4. The molecule has 0 fully saturated rings. The maximum absolute atomic E-state index is 7.05. The molecule has 0 radical (unpaired) electrons. The first-order valence-corrected chi connectivity index (χ1v) is 38.3. The molecule has 32 heteroatoms. The van der Waals surface area contributed by atoms with Gasteiger partial charge < -0.3 is 75.8 Å². The van der Waals surface area contributed by atoms with Crippen molar-refractivity contribution in [1.82, 2.24) is 67.6 Å². The number of fused-ring (bicyclic) bond motifs is 20. The van der Waals surface area contributed by atoms with Crippen LogP contribution in [0.1, 0.15) is 0 Å². The summed E-state index contributed by atoms with van der Waals surface area (Å²) in [5.41, 5.74) is 16.3. The monoisotopic (exact) mass is 2310 g/mol. The van der Waals surface area contributed by atoms with E-state index in [1.807, 2.05) is 265 Å². The summed E-state index contributed by atoms with van der Waals surface area (Å²) in [6.45, 7) is 2.32. The van der Waals surface area contributed by atoms with Crippen LogP contribution in [-0.4, -0.2) is 109 Å². The molecule has 16 aromatic rings. The van der Waals surface area contributed by atoms with E-state index in [1.165, 1.54) is 0 Å². The third kappa shape index (κ3) is 11.7. The van der Waals surface area contributed by atoms with E-state index in [-0.39, 0.29) is 84.3 Å². The third-order valence-electron chi connectivity index (χ3n) is 23.2. The van der Waals surface area contributed by atoms with Crippen LogP contribution in [0.15, 0.2) is 208 Å². The average Bonchev–Trinajstić information content (AvgIpc) is 0.779. The molecular formula is C90H54B4N16O8Pt4-6. The Balaban J connectivity index is 0.000000146. The number of hydrogen-bond acceptors (Lipinski definition) is 18. The molecule has 0 bridgehead atoms. The molecule has 0 saturated carbocycles. The number of rotatable bonds is 8. The third-order valence-corrected chi connectivity index (χ3v) is 23.2. The Kier molecular flexibility index (Phi) is 18.4. The average molecular weight is 2310 g/mol. The van der Waals surface area contributed by atoms with E-state index in [4.69, 9.17) is 37.9 Å². The molecule has 6 aromatic heterocycles. The molecule has 122 heavy (non-hydrogen) atoms. The largest absolute Gasteiger partial charge is 2.00 e. The van der Waals surface area contributed by atoms with Gasteiger partial charge in [-0.3, -0.25) is 29.3 Å². The van der Waals surface area contributed by atoms with Crippen LogP contribution in [-0.2, 0) is 112 Å². The Bertz CT molecular complexity index is 6690. The van der Waals surface area contributed by atoms with Gasteiger partial charge in [-0.1, -0.05) is 0 Å². The van der Waals surface area contributed by atoms with Crippen molar-refractivity contribution in [2.24, 2.45) is 28.2 Å². The van der Waals surface area contributed by atoms with Gasteiger partial charge in [0.1, 0.15) is 0 Å². The van der Waals surface area contributed by atoms with Gasteiger partial charge in [0.2, 0.25) is 26.9 Å². The SMILES string of the molecule is CN1C=CN(c2[c-]c3c(cc2)Oc2c4c5c(c6c2B3c2[c-]c(-c3nccn3C)ccc2O6)Oc2ccc(-c3nccn3C)[c-]c2B5c2[c-]c(N3C=CN(C)[CH-]3)ccc2O4)[CH-]1.Cn1ccnc1-c1[c-]c2c(cc1)Oc1c3c4c(c5c1B2c1[c-]c(-n2cccn2)ccc1O5)Oc1ccc(-n2cccn2)[c-]c1B4c1[c-]c(-c2nccn2C)ccc1O3.[Pt+2].[Pt+2].[Pt].[Pt]. The Morgan fingerprint density at radius 1 is 0.279 bits per heavy atom. The first-order valence-electron chi connectivity index (χ1n) is 38.3. The molecule has 10 aliphatic rings. The topological polar surface area (TPSA) is 194 Å². The molecule has 0 N–H and O–H groups in total. The number of anilines is 2. The van der Waals surface area contributed by atoms with Crippen LogP contribution in [0.3, 0.4) is 0 Å². The summed E-state index contributed by atoms with van der Waals surface area (Å²) in [5, 5.41) is 9.00. The maximum Gasteiger partial charge on any atom is 2.00 e. The van der Waals surface area contributed by atoms with Gasteiger partial charge in [0, 0.05) is 213 Å². The zero-order valence-corrected chi connectivity index (χ0v) is 73.9. The van der Waals surface area contributed by atoms with Crippen molar-refractivity contribution in [2.75, 3.05) is 23.9 Å². The van der Waals surface area contributed by atoms with Gasteiger partial charge in [-0.2, -0.15) is 47.8 Å². The fourth-order valence-electron chi connectivity index (χ4n) is 17.8. The van der Waals surface area contributed by atoms with Crippen molar-refractivity contribution >= 4 is 104 Å². The zero-order valence-electron chi connectivity index (χ0n) is 64.8. The van der Waals surface area contributed by atoms with Crippen LogP contribution in [0.5, 0.6) is 92.0 Å². The molecule has 0 aliphatic carbocycles. The predicted octanol–water partition coefficient (Wildman–Crippen LogP) is 7.33. The van der Waals surface area contributed by atoms with Crippen LogP contribution in [0.25, 0.3) is 56.9 Å². The molecule has 26 rings (SSSR count). The van der Waals surface area contributed by atoms with E-state index >= 15 is 0 Å². The van der Waals surface area contributed by atoms with Crippen LogP contribution in [0.2, 0.25) is 0 Å². The van der Waals surface area contributed by atoms with Crippen LogP contribution in [0, 0.1) is 61.9 Å². The fourth-order valence-corrected chi connectivity index (χ4v) is 17.8. The summed E-state index contributed by atoms with van der Waals surface area (Å²) in [6.07, 6.45) is 30.2. The fraction of sp³-hybridized carbons (Fsp3) is 0.0667. The van der Waals surface area contributed by atoms with Gasteiger partial charge in [-0.15, -0.1) is 199 Å². The number of imidazole rings is 4. The van der Waals surface area contributed by atoms with Crippen LogP contribution in [0.4, 0.5) is 11.4 Å². The number of ether oxygens (including phenoxy) is 8. The van der Waals surface area contributed by atoms with Crippen molar-refractivity contribution in [2.45, 2.75) is 0 Å². The molecular weight excluding hydrogens is 2260 g/mol. The summed E-state index contributed by atoms with van der Waals surface area (Å²) in [6, 6.07) is 65.3. The van der Waals surface area contributed by atoms with E-state index in [9.17, 15) is 0 Å². The zero-order chi connectivity index (χ0) is 78.2. The molecule has 0 saturated heterocycles. The summed E-state index contributed by atoms with van der Waals surface area (Å²) in [7, 11) is 11.9. The second-order valence-corrected chi connectivity index (χ2v) is 30.2. The van der Waals surface area contributed by atoms with Gasteiger partial charge in [0.15, 0.2) is 46.0 Å². The quantitative estimate of drug-likeness (QED) is 0.108. The minimum absolute atomic E-state index is 0. The maximum atomic E-state index is 7.05. The van der Waals surface area contributed by atoms with Crippen molar-refractivity contribution in [3.63, 3.8) is 0 Å². The standard InChI is InChI=1S/C46H30B2N8O4.C44H24B2N8O4.4Pt/c1-51-17-19-55(25-51)29-7-11-37-33(23-29)47-31-21-27(45-49-13-15-53(45)3)5-9-35(31)57-41-39(47)43(59-37)44-40-42(41)58-36-10-6-28(46-50-14-16-54(46)4)22-32(36)48(40)34-24-30(8-12-38(34)60-44)56-20-18-52(2)26-56;1-51-19-15-47-43(51)25-5-9-33-29(21-25)45-31-23-27(53-17-3-13-49-53)7-11-35(31)57-41-37(45)39(55-33)40-38-42(41)58-36-12-8-28(54-18-4-14-50-54)24-32(36)46(38)30-22-26(6-10-34(30)56-40)44-48-16-20-52(44)2;;;;/h5-20,25-26H,1-4H3;3-20H,1-2H3;;;;/q-6;-4;;;2*+2. The second kappa shape index (κ2) is 29.1. The minimum atomic E-state index is -0.436. The van der Waals surface area contributed by atoms with Gasteiger partial charge in [-0.05, 0) is 62.4 Å². The number of aryl methyl sites for hydroxylation is 4. The predicted molar refractivity (Wildman–Crippen MR) is 445 cm³/mol. The van der Waals surface area contributed by atoms with Crippen molar-refractivity contribution in [3.05, 3.63) is 270 Å². The van der Waals surface area contributed by atoms with Gasteiger partial charge >= 0.3 is 42.1 Å². The molecule has 0 amide bonds. The Morgan fingerprint density at radius 3 is 0.738 bits per heavy atom. The van der Waals surface area contributed by atoms with E-state index in [0.717, 1.165) is 134 Å². The van der Waals surface area contributed by atoms with Crippen LogP contribution >= 0.6 is 0 Å². The molecule has 0 atom stereocenters. The Morgan fingerprint density at radius 2 is 0.516 bits per heavy atom. The van der Waals surface area contributed by atoms with E-state index in [1.54, 1.807) is 46.5 Å². The van der Waals surface area contributed by atoms with Gasteiger partial charge in [0.05, 0.1) is 23.3 Å². The summed E-state index contributed by atoms with van der Waals surface area (Å²) < 4.78 is 67.7. The number of hydrogen-bond donors (Lipinski definition) is 0. The molecule has 600 valence electrons. The molecule has 16 heterocycles. The molecule has 0 unspecified atom stereocenters. The molecule has 10 aromatic carbocycles. The molecule has 24 nitrogen and oxygen atoms in total.